The summed E-state index contributed by atoms with van der Waals surface area (Å²) in [5.74, 6) is 0.683. The Morgan fingerprint density at radius 3 is 2.76 bits per heavy atom. The van der Waals surface area contributed by atoms with Crippen LogP contribution in [0.25, 0.3) is 0 Å². The molecular formula is C11H15N5O. The molecule has 1 aromatic heterocycles. The van der Waals surface area contributed by atoms with Gasteiger partial charge in [0, 0.05) is 33.4 Å². The van der Waals surface area contributed by atoms with E-state index in [1.54, 1.807) is 26.2 Å². The third kappa shape index (κ3) is 4.38. The topological polar surface area (TPSA) is 81.0 Å². The molecule has 1 rings (SSSR count). The monoisotopic (exact) mass is 233 g/mol. The molecule has 0 aliphatic heterocycles. The summed E-state index contributed by atoms with van der Waals surface area (Å²) in [6, 6.07) is 5.29. The van der Waals surface area contributed by atoms with Crippen LogP contribution in [0.15, 0.2) is 18.3 Å². The number of hydrogen-bond acceptors (Lipinski definition) is 4. The second kappa shape index (κ2) is 6.33. The maximum Gasteiger partial charge on any atom is 0.316 e. The van der Waals surface area contributed by atoms with Gasteiger partial charge < -0.3 is 15.5 Å². The Morgan fingerprint density at radius 2 is 2.24 bits per heavy atom. The normalized spacial score (nSPS) is 9.24. The van der Waals surface area contributed by atoms with Gasteiger partial charge in [-0.1, -0.05) is 0 Å². The molecule has 0 aromatic carbocycles. The Kier molecular flexibility index (Phi) is 4.76. The van der Waals surface area contributed by atoms with E-state index in [0.29, 0.717) is 24.5 Å². The van der Waals surface area contributed by atoms with Crippen molar-refractivity contribution in [3.8, 4) is 6.07 Å². The molecule has 0 aliphatic carbocycles. The van der Waals surface area contributed by atoms with Crippen LogP contribution in [-0.2, 0) is 0 Å². The van der Waals surface area contributed by atoms with Gasteiger partial charge in [0.15, 0.2) is 0 Å². The van der Waals surface area contributed by atoms with Crippen LogP contribution in [0.5, 0.6) is 0 Å². The molecule has 0 spiro atoms. The molecule has 1 aromatic rings. The molecule has 6 nitrogen and oxygen atoms in total. The van der Waals surface area contributed by atoms with Gasteiger partial charge in [0.25, 0.3) is 0 Å². The summed E-state index contributed by atoms with van der Waals surface area (Å²) >= 11 is 0. The average molecular weight is 233 g/mol. The van der Waals surface area contributed by atoms with Gasteiger partial charge in [0.1, 0.15) is 11.9 Å². The predicted octanol–water partition coefficient (Wildman–Crippen LogP) is 0.636. The highest BCUT2D eigenvalue weighted by molar-refractivity contribution is 5.73. The first kappa shape index (κ1) is 12.8. The number of nitriles is 1. The van der Waals surface area contributed by atoms with Gasteiger partial charge in [-0.15, -0.1) is 0 Å². The van der Waals surface area contributed by atoms with Crippen molar-refractivity contribution in [2.75, 3.05) is 32.5 Å². The van der Waals surface area contributed by atoms with E-state index in [2.05, 4.69) is 15.6 Å². The minimum atomic E-state index is -0.125. The fraction of sp³-hybridized carbons (Fsp3) is 0.364. The number of amides is 2. The first-order valence-corrected chi connectivity index (χ1v) is 5.18. The largest absolute Gasteiger partial charge is 0.368 e. The average Bonchev–Trinajstić information content (AvgIpc) is 2.35. The van der Waals surface area contributed by atoms with Crippen LogP contribution in [0.3, 0.4) is 0 Å². The molecule has 2 amide bonds. The number of anilines is 1. The molecule has 1 heterocycles. The van der Waals surface area contributed by atoms with Crippen LogP contribution in [-0.4, -0.2) is 43.1 Å². The Balaban J connectivity index is 2.27. The molecule has 0 unspecified atom stereocenters. The van der Waals surface area contributed by atoms with E-state index in [-0.39, 0.29) is 6.03 Å². The van der Waals surface area contributed by atoms with Crippen LogP contribution in [0.1, 0.15) is 5.56 Å². The second-order valence-corrected chi connectivity index (χ2v) is 3.60. The SMILES string of the molecule is CN(C)C(=O)NCCNc1ccc(C#N)cn1. The number of urea groups is 1. The lowest BCUT2D eigenvalue weighted by molar-refractivity contribution is 0.218. The van der Waals surface area contributed by atoms with Crippen molar-refractivity contribution in [2.45, 2.75) is 0 Å². The number of aromatic nitrogens is 1. The van der Waals surface area contributed by atoms with Crippen molar-refractivity contribution in [1.82, 2.24) is 15.2 Å². The number of rotatable bonds is 4. The third-order valence-corrected chi connectivity index (χ3v) is 2.01. The molecule has 2 N–H and O–H groups in total. The van der Waals surface area contributed by atoms with Crippen molar-refractivity contribution in [3.63, 3.8) is 0 Å². The van der Waals surface area contributed by atoms with E-state index in [1.807, 2.05) is 6.07 Å². The van der Waals surface area contributed by atoms with E-state index in [1.165, 1.54) is 11.1 Å². The van der Waals surface area contributed by atoms with Gasteiger partial charge in [-0.05, 0) is 12.1 Å². The van der Waals surface area contributed by atoms with Crippen LogP contribution in [0.4, 0.5) is 10.6 Å². The van der Waals surface area contributed by atoms with Gasteiger partial charge in [-0.3, -0.25) is 0 Å². The third-order valence-electron chi connectivity index (χ3n) is 2.01. The van der Waals surface area contributed by atoms with Gasteiger partial charge in [-0.2, -0.15) is 5.26 Å². The zero-order valence-electron chi connectivity index (χ0n) is 9.90. The molecule has 17 heavy (non-hydrogen) atoms. The van der Waals surface area contributed by atoms with Gasteiger partial charge >= 0.3 is 6.03 Å². The van der Waals surface area contributed by atoms with Crippen LogP contribution in [0, 0.1) is 11.3 Å². The molecule has 0 aliphatic rings. The molecule has 6 heteroatoms. The van der Waals surface area contributed by atoms with Crippen LogP contribution < -0.4 is 10.6 Å². The fourth-order valence-corrected chi connectivity index (χ4v) is 1.08. The molecule has 0 saturated carbocycles. The number of nitrogens with zero attached hydrogens (tertiary/aromatic N) is 3. The number of pyridine rings is 1. The lowest BCUT2D eigenvalue weighted by Gasteiger charge is -2.12. The molecular weight excluding hydrogens is 218 g/mol. The first-order valence-electron chi connectivity index (χ1n) is 5.18. The number of carbonyl (C=O) groups is 1. The van der Waals surface area contributed by atoms with Crippen LogP contribution >= 0.6 is 0 Å². The minimum absolute atomic E-state index is 0.125. The number of carbonyl (C=O) groups excluding carboxylic acids is 1. The summed E-state index contributed by atoms with van der Waals surface area (Å²) in [5.41, 5.74) is 0.525. The maximum absolute atomic E-state index is 11.2. The Bertz CT molecular complexity index is 407. The summed E-state index contributed by atoms with van der Waals surface area (Å²) < 4.78 is 0. The molecule has 0 radical (unpaired) electrons. The van der Waals surface area contributed by atoms with E-state index in [0.717, 1.165) is 0 Å². The quantitative estimate of drug-likeness (QED) is 0.748. The number of hydrogen-bond donors (Lipinski definition) is 2. The van der Waals surface area contributed by atoms with Gasteiger partial charge in [0.05, 0.1) is 5.56 Å². The Labute approximate surface area is 100 Å². The lowest BCUT2D eigenvalue weighted by Crippen LogP contribution is -2.37. The van der Waals surface area contributed by atoms with Crippen molar-refractivity contribution >= 4 is 11.8 Å². The van der Waals surface area contributed by atoms with E-state index in [9.17, 15) is 4.79 Å². The van der Waals surface area contributed by atoms with Crippen LogP contribution in [0.2, 0.25) is 0 Å². The zero-order chi connectivity index (χ0) is 12.7. The first-order chi connectivity index (χ1) is 8.13. The lowest BCUT2D eigenvalue weighted by atomic mass is 10.3. The summed E-state index contributed by atoms with van der Waals surface area (Å²) in [7, 11) is 3.37. The molecule has 0 atom stereocenters. The van der Waals surface area contributed by atoms with Crippen molar-refractivity contribution in [2.24, 2.45) is 0 Å². The van der Waals surface area contributed by atoms with E-state index in [4.69, 9.17) is 5.26 Å². The highest BCUT2D eigenvalue weighted by atomic mass is 16.2. The molecule has 90 valence electrons. The highest BCUT2D eigenvalue weighted by Crippen LogP contribution is 2.02. The summed E-state index contributed by atoms with van der Waals surface area (Å²) in [6.45, 7) is 1.09. The van der Waals surface area contributed by atoms with Gasteiger partial charge in [-0.25, -0.2) is 9.78 Å². The second-order valence-electron chi connectivity index (χ2n) is 3.60. The summed E-state index contributed by atoms with van der Waals surface area (Å²) in [5, 5.41) is 14.3. The van der Waals surface area contributed by atoms with E-state index < -0.39 is 0 Å². The summed E-state index contributed by atoms with van der Waals surface area (Å²) in [6.07, 6.45) is 1.50. The highest BCUT2D eigenvalue weighted by Gasteiger charge is 2.00. The standard InChI is InChI=1S/C11H15N5O/c1-16(2)11(17)14-6-5-13-10-4-3-9(7-12)8-15-10/h3-4,8H,5-6H2,1-2H3,(H,13,15)(H,14,17). The van der Waals surface area contributed by atoms with Crippen molar-refractivity contribution in [3.05, 3.63) is 23.9 Å². The molecule has 0 fully saturated rings. The fourth-order valence-electron chi connectivity index (χ4n) is 1.08. The Hall–Kier alpha value is -2.29. The zero-order valence-corrected chi connectivity index (χ0v) is 9.90. The molecule has 0 saturated heterocycles. The number of nitrogens with one attached hydrogen (secondary N) is 2. The van der Waals surface area contributed by atoms with Crippen molar-refractivity contribution in [1.29, 1.82) is 5.26 Å². The smallest absolute Gasteiger partial charge is 0.316 e. The summed E-state index contributed by atoms with van der Waals surface area (Å²) in [4.78, 5) is 16.7. The van der Waals surface area contributed by atoms with Gasteiger partial charge in [0.2, 0.25) is 0 Å². The minimum Gasteiger partial charge on any atom is -0.368 e. The predicted molar refractivity (Wildman–Crippen MR) is 64.5 cm³/mol. The molecule has 0 bridgehead atoms. The maximum atomic E-state index is 11.2. The Morgan fingerprint density at radius 1 is 1.47 bits per heavy atom. The van der Waals surface area contributed by atoms with Crippen molar-refractivity contribution < 1.29 is 4.79 Å². The van der Waals surface area contributed by atoms with E-state index >= 15 is 0 Å².